The molecular weight excluding hydrogens is 316 g/mol. The molecule has 0 aliphatic carbocycles. The lowest BCUT2D eigenvalue weighted by molar-refractivity contribution is -0.197. The van der Waals surface area contributed by atoms with Gasteiger partial charge in [-0.25, -0.2) is 9.59 Å². The number of aliphatic hydroxyl groups excluding tert-OH is 1. The van der Waals surface area contributed by atoms with Crippen molar-refractivity contribution < 1.29 is 29.0 Å². The van der Waals surface area contributed by atoms with Gasteiger partial charge in [0.1, 0.15) is 5.60 Å². The van der Waals surface area contributed by atoms with Crippen LogP contribution in [-0.2, 0) is 19.1 Å². The summed E-state index contributed by atoms with van der Waals surface area (Å²) in [4.78, 5) is 30.6. The molecule has 8 heteroatoms. The number of ether oxygens (including phenoxy) is 2. The molecule has 0 aromatic rings. The van der Waals surface area contributed by atoms with Gasteiger partial charge in [0, 0.05) is 24.9 Å². The highest BCUT2D eigenvalue weighted by molar-refractivity contribution is 6.36. The van der Waals surface area contributed by atoms with E-state index in [2.05, 4.69) is 5.16 Å². The molecule has 0 radical (unpaired) electrons. The first kappa shape index (κ1) is 18.5. The Hall–Kier alpha value is -1.83. The standard InChI is InChI=1S/C16H26N2O6/c1-5-22-12(19)11-10-16(13(20)24-17-11)6-8-18(9-7-16)14(21)23-15(2,3)4/h13,20H,5-10H2,1-4H3. The Kier molecular flexibility index (Phi) is 5.37. The van der Waals surface area contributed by atoms with Crippen molar-refractivity contribution in [2.75, 3.05) is 19.7 Å². The number of aliphatic hydroxyl groups is 1. The highest BCUT2D eigenvalue weighted by Gasteiger charge is 2.48. The lowest BCUT2D eigenvalue weighted by Crippen LogP contribution is -2.52. The van der Waals surface area contributed by atoms with Crippen LogP contribution in [0.5, 0.6) is 0 Å². The van der Waals surface area contributed by atoms with Crippen LogP contribution in [0.1, 0.15) is 47.0 Å². The van der Waals surface area contributed by atoms with Gasteiger partial charge in [-0.05, 0) is 40.5 Å². The van der Waals surface area contributed by atoms with Crippen molar-refractivity contribution in [3.05, 3.63) is 0 Å². The third-order valence-corrected chi connectivity index (χ3v) is 4.23. The molecule has 1 spiro atoms. The van der Waals surface area contributed by atoms with E-state index in [1.54, 1.807) is 11.8 Å². The van der Waals surface area contributed by atoms with Crippen LogP contribution in [0.2, 0.25) is 0 Å². The van der Waals surface area contributed by atoms with Crippen molar-refractivity contribution >= 4 is 17.8 Å². The van der Waals surface area contributed by atoms with Crippen molar-refractivity contribution in [3.63, 3.8) is 0 Å². The van der Waals surface area contributed by atoms with Gasteiger partial charge in [0.05, 0.1) is 6.61 Å². The van der Waals surface area contributed by atoms with E-state index in [9.17, 15) is 14.7 Å². The number of oxime groups is 1. The number of hydrogen-bond donors (Lipinski definition) is 1. The van der Waals surface area contributed by atoms with Gasteiger partial charge in [0.25, 0.3) is 0 Å². The quantitative estimate of drug-likeness (QED) is 0.767. The summed E-state index contributed by atoms with van der Waals surface area (Å²) in [6.07, 6.45) is -0.216. The van der Waals surface area contributed by atoms with Gasteiger partial charge in [-0.15, -0.1) is 0 Å². The molecule has 1 saturated heterocycles. The minimum Gasteiger partial charge on any atom is -0.461 e. The molecule has 2 rings (SSSR count). The molecule has 0 saturated carbocycles. The largest absolute Gasteiger partial charge is 0.461 e. The van der Waals surface area contributed by atoms with Gasteiger partial charge in [-0.1, -0.05) is 5.16 Å². The van der Waals surface area contributed by atoms with E-state index in [0.29, 0.717) is 25.9 Å². The smallest absolute Gasteiger partial charge is 0.410 e. The normalized spacial score (nSPS) is 23.3. The van der Waals surface area contributed by atoms with E-state index >= 15 is 0 Å². The van der Waals surface area contributed by atoms with Crippen molar-refractivity contribution in [2.45, 2.75) is 58.8 Å². The molecule has 2 aliphatic heterocycles. The molecule has 8 nitrogen and oxygen atoms in total. The zero-order valence-electron chi connectivity index (χ0n) is 14.7. The second-order valence-electron chi connectivity index (χ2n) is 7.22. The molecule has 0 aromatic heterocycles. The number of nitrogens with zero attached hydrogens (tertiary/aromatic N) is 2. The zero-order valence-corrected chi connectivity index (χ0v) is 14.7. The molecule has 2 heterocycles. The van der Waals surface area contributed by atoms with Gasteiger partial charge >= 0.3 is 12.1 Å². The van der Waals surface area contributed by atoms with Crippen LogP contribution in [0.3, 0.4) is 0 Å². The maximum absolute atomic E-state index is 12.1. The van der Waals surface area contributed by atoms with E-state index < -0.39 is 23.3 Å². The molecule has 1 amide bonds. The Morgan fingerprint density at radius 2 is 2.00 bits per heavy atom. The van der Waals surface area contributed by atoms with Crippen LogP contribution in [0.15, 0.2) is 5.16 Å². The predicted molar refractivity (Wildman–Crippen MR) is 85.3 cm³/mol. The van der Waals surface area contributed by atoms with Crippen LogP contribution in [0.4, 0.5) is 4.79 Å². The molecule has 0 bridgehead atoms. The van der Waals surface area contributed by atoms with Gasteiger partial charge in [-0.3, -0.25) is 0 Å². The first-order valence-corrected chi connectivity index (χ1v) is 8.23. The topological polar surface area (TPSA) is 97.7 Å². The van der Waals surface area contributed by atoms with Crippen molar-refractivity contribution in [1.29, 1.82) is 0 Å². The monoisotopic (exact) mass is 342 g/mol. The van der Waals surface area contributed by atoms with Crippen molar-refractivity contribution in [3.8, 4) is 0 Å². The molecular formula is C16H26N2O6. The molecule has 1 atom stereocenters. The minimum atomic E-state index is -1.10. The highest BCUT2D eigenvalue weighted by Crippen LogP contribution is 2.42. The summed E-state index contributed by atoms with van der Waals surface area (Å²) in [5.74, 6) is -0.529. The fourth-order valence-corrected chi connectivity index (χ4v) is 2.89. The van der Waals surface area contributed by atoms with Crippen molar-refractivity contribution in [2.24, 2.45) is 10.6 Å². The first-order valence-electron chi connectivity index (χ1n) is 8.23. The lowest BCUT2D eigenvalue weighted by Gasteiger charge is -2.44. The van der Waals surface area contributed by atoms with Crippen LogP contribution < -0.4 is 0 Å². The molecule has 24 heavy (non-hydrogen) atoms. The second-order valence-corrected chi connectivity index (χ2v) is 7.22. The minimum absolute atomic E-state index is 0.174. The Bertz CT molecular complexity index is 517. The summed E-state index contributed by atoms with van der Waals surface area (Å²) in [6, 6.07) is 0. The van der Waals surface area contributed by atoms with Gasteiger partial charge in [0.15, 0.2) is 5.71 Å². The highest BCUT2D eigenvalue weighted by atomic mass is 16.7. The second kappa shape index (κ2) is 6.96. The molecule has 2 aliphatic rings. The fourth-order valence-electron chi connectivity index (χ4n) is 2.89. The van der Waals surface area contributed by atoms with Crippen molar-refractivity contribution in [1.82, 2.24) is 4.90 Å². The third kappa shape index (κ3) is 4.17. The van der Waals surface area contributed by atoms with Crippen LogP contribution >= 0.6 is 0 Å². The van der Waals surface area contributed by atoms with Gasteiger partial charge in [-0.2, -0.15) is 0 Å². The fraction of sp³-hybridized carbons (Fsp3) is 0.812. The van der Waals surface area contributed by atoms with E-state index in [4.69, 9.17) is 14.3 Å². The number of carbonyl (C=O) groups excluding carboxylic acids is 2. The number of rotatable bonds is 2. The van der Waals surface area contributed by atoms with Crippen LogP contribution in [0.25, 0.3) is 0 Å². The van der Waals surface area contributed by atoms with E-state index in [1.165, 1.54) is 0 Å². The van der Waals surface area contributed by atoms with E-state index in [0.717, 1.165) is 0 Å². The maximum atomic E-state index is 12.1. The summed E-state index contributed by atoms with van der Waals surface area (Å²) in [5.41, 5.74) is -1.01. The number of esters is 1. The molecule has 1 N–H and O–H groups in total. The summed E-state index contributed by atoms with van der Waals surface area (Å²) in [6.45, 7) is 8.26. The third-order valence-electron chi connectivity index (χ3n) is 4.23. The summed E-state index contributed by atoms with van der Waals surface area (Å²) < 4.78 is 10.3. The Balaban J connectivity index is 2.00. The van der Waals surface area contributed by atoms with Crippen LogP contribution in [0, 0.1) is 5.41 Å². The Morgan fingerprint density at radius 1 is 1.38 bits per heavy atom. The molecule has 1 unspecified atom stereocenters. The number of piperidine rings is 1. The number of amides is 1. The SMILES string of the molecule is CCOC(=O)C1=NOC(O)C2(CCN(C(=O)OC(C)(C)C)CC2)C1. The maximum Gasteiger partial charge on any atom is 0.410 e. The average molecular weight is 342 g/mol. The average Bonchev–Trinajstić information content (AvgIpc) is 2.49. The zero-order chi connectivity index (χ0) is 18.0. The molecule has 0 aromatic carbocycles. The molecule has 1 fully saturated rings. The number of hydrogen-bond acceptors (Lipinski definition) is 7. The number of likely N-dealkylation sites (tertiary alicyclic amines) is 1. The first-order chi connectivity index (χ1) is 11.2. The van der Waals surface area contributed by atoms with E-state index in [-0.39, 0.29) is 24.8 Å². The summed E-state index contributed by atoms with van der Waals surface area (Å²) >= 11 is 0. The summed E-state index contributed by atoms with van der Waals surface area (Å²) in [7, 11) is 0. The predicted octanol–water partition coefficient (Wildman–Crippen LogP) is 1.66. The molecule has 136 valence electrons. The van der Waals surface area contributed by atoms with Gasteiger partial charge in [0.2, 0.25) is 6.29 Å². The van der Waals surface area contributed by atoms with Gasteiger partial charge < -0.3 is 24.3 Å². The van der Waals surface area contributed by atoms with E-state index in [1.807, 2.05) is 20.8 Å². The van der Waals surface area contributed by atoms with Crippen LogP contribution in [-0.4, -0.2) is 59.4 Å². The number of carbonyl (C=O) groups is 2. The summed E-state index contributed by atoms with van der Waals surface area (Å²) in [5, 5.41) is 13.9. The lowest BCUT2D eigenvalue weighted by atomic mass is 9.73. The Morgan fingerprint density at radius 3 is 2.54 bits per heavy atom. The Labute approximate surface area is 141 Å².